The Kier molecular flexibility index (Phi) is 7.88. The molecular weight excluding hydrogens is 443 g/mol. The van der Waals surface area contributed by atoms with Gasteiger partial charge in [-0.1, -0.05) is 23.7 Å². The number of amides is 1. The van der Waals surface area contributed by atoms with Crippen molar-refractivity contribution in [2.45, 2.75) is 31.5 Å². The molecule has 0 spiro atoms. The van der Waals surface area contributed by atoms with Crippen molar-refractivity contribution < 1.29 is 23.6 Å². The van der Waals surface area contributed by atoms with E-state index in [2.05, 4.69) is 19.6 Å². The second-order valence-electron chi connectivity index (χ2n) is 7.39. The fraction of sp³-hybridized carbons (Fsp3) is 0.318. The molecule has 0 aliphatic rings. The van der Waals surface area contributed by atoms with Crippen LogP contribution in [0.2, 0.25) is 0 Å². The van der Waals surface area contributed by atoms with E-state index in [4.69, 9.17) is 17.3 Å². The standard InChI is InChI=1S/C22H25BN4O5S/c1-4-31-22(29)27-33(3,30)16-7-5-6-15(8-16)12-32-20-10-19-17(9-18(20)23)21(26-13-25-19)24-11-14(2)28/h5-10,13-14,28H,4,11-12H2,1-3H3,(H,24,25,26)/t14-,33?/m1/s1. The van der Waals surface area contributed by atoms with Crippen LogP contribution in [-0.4, -0.2) is 58.7 Å². The summed E-state index contributed by atoms with van der Waals surface area (Å²) < 4.78 is 27.2. The van der Waals surface area contributed by atoms with Crippen molar-refractivity contribution in [3.05, 3.63) is 48.3 Å². The number of carbonyl (C=O) groups is 1. The van der Waals surface area contributed by atoms with Crippen LogP contribution in [0.25, 0.3) is 10.9 Å². The van der Waals surface area contributed by atoms with Gasteiger partial charge < -0.3 is 19.9 Å². The molecule has 0 aliphatic carbocycles. The Labute approximate surface area is 194 Å². The van der Waals surface area contributed by atoms with Crippen LogP contribution in [0.5, 0.6) is 5.75 Å². The number of anilines is 1. The lowest BCUT2D eigenvalue weighted by molar-refractivity contribution is 0.164. The number of rotatable bonds is 8. The summed E-state index contributed by atoms with van der Waals surface area (Å²) in [4.78, 5) is 20.5. The molecule has 2 N–H and O–H groups in total. The number of fused-ring (bicyclic) bond motifs is 1. The average Bonchev–Trinajstić information content (AvgIpc) is 2.76. The maximum absolute atomic E-state index is 12.9. The third-order valence-corrected chi connectivity index (χ3v) is 6.20. The Hall–Kier alpha value is -3.18. The zero-order chi connectivity index (χ0) is 24.0. The highest BCUT2D eigenvalue weighted by Crippen LogP contribution is 2.23. The van der Waals surface area contributed by atoms with E-state index in [1.165, 1.54) is 12.6 Å². The van der Waals surface area contributed by atoms with Crippen LogP contribution in [0.3, 0.4) is 0 Å². The van der Waals surface area contributed by atoms with Gasteiger partial charge in [0.25, 0.3) is 0 Å². The molecule has 1 unspecified atom stereocenters. The van der Waals surface area contributed by atoms with Gasteiger partial charge in [0.15, 0.2) is 0 Å². The molecule has 0 aliphatic heterocycles. The summed E-state index contributed by atoms with van der Waals surface area (Å²) in [7, 11) is 3.23. The van der Waals surface area contributed by atoms with E-state index in [0.29, 0.717) is 39.4 Å². The lowest BCUT2D eigenvalue weighted by atomic mass is 9.93. The van der Waals surface area contributed by atoms with Crippen LogP contribution in [0.15, 0.2) is 52.0 Å². The van der Waals surface area contributed by atoms with E-state index >= 15 is 0 Å². The molecule has 1 aromatic heterocycles. The number of carbonyl (C=O) groups excluding carboxylic acids is 1. The van der Waals surface area contributed by atoms with Crippen molar-refractivity contribution in [3.63, 3.8) is 0 Å². The largest absolute Gasteiger partial charge is 0.489 e. The predicted octanol–water partition coefficient (Wildman–Crippen LogP) is 2.41. The second kappa shape index (κ2) is 10.6. The fourth-order valence-electron chi connectivity index (χ4n) is 2.99. The van der Waals surface area contributed by atoms with Crippen molar-refractivity contribution in [1.82, 2.24) is 9.97 Å². The number of aromatic nitrogens is 2. The Balaban J connectivity index is 1.81. The van der Waals surface area contributed by atoms with E-state index in [-0.39, 0.29) is 13.2 Å². The van der Waals surface area contributed by atoms with Crippen molar-refractivity contribution in [2.24, 2.45) is 4.36 Å². The monoisotopic (exact) mass is 468 g/mol. The summed E-state index contributed by atoms with van der Waals surface area (Å²) in [6.45, 7) is 3.97. The van der Waals surface area contributed by atoms with Gasteiger partial charge in [0.05, 0.1) is 28.0 Å². The molecule has 2 aromatic carbocycles. The van der Waals surface area contributed by atoms with E-state index in [0.717, 1.165) is 5.56 Å². The smallest absolute Gasteiger partial charge is 0.442 e. The molecule has 1 heterocycles. The molecule has 0 saturated carbocycles. The molecule has 1 amide bonds. The first-order valence-corrected chi connectivity index (χ1v) is 12.2. The van der Waals surface area contributed by atoms with Crippen molar-refractivity contribution in [3.8, 4) is 5.75 Å². The minimum atomic E-state index is -2.96. The number of benzene rings is 2. The zero-order valence-corrected chi connectivity index (χ0v) is 19.5. The normalized spacial score (nSPS) is 13.7. The van der Waals surface area contributed by atoms with Gasteiger partial charge in [0, 0.05) is 29.1 Å². The number of aliphatic hydroxyl groups excluding tert-OH is 1. The maximum Gasteiger partial charge on any atom is 0.442 e. The number of aliphatic hydroxyl groups is 1. The van der Waals surface area contributed by atoms with E-state index in [1.807, 2.05) is 0 Å². The van der Waals surface area contributed by atoms with Crippen molar-refractivity contribution in [2.75, 3.05) is 24.7 Å². The van der Waals surface area contributed by atoms with Crippen molar-refractivity contribution >= 4 is 45.9 Å². The van der Waals surface area contributed by atoms with Crippen LogP contribution in [0.4, 0.5) is 10.6 Å². The first-order chi connectivity index (χ1) is 15.7. The average molecular weight is 468 g/mol. The molecule has 3 rings (SSSR count). The van der Waals surface area contributed by atoms with Crippen molar-refractivity contribution in [1.29, 1.82) is 0 Å². The van der Waals surface area contributed by atoms with E-state index < -0.39 is 21.9 Å². The van der Waals surface area contributed by atoms with Crippen LogP contribution in [-0.2, 0) is 21.1 Å². The molecule has 0 fully saturated rings. The topological polar surface area (TPSA) is 123 Å². The number of nitrogens with zero attached hydrogens (tertiary/aromatic N) is 3. The zero-order valence-electron chi connectivity index (χ0n) is 18.6. The van der Waals surface area contributed by atoms with Gasteiger partial charge in [-0.2, -0.15) is 0 Å². The Bertz CT molecular complexity index is 1270. The molecule has 0 saturated heterocycles. The summed E-state index contributed by atoms with van der Waals surface area (Å²) in [5, 5.41) is 13.3. The molecule has 11 heteroatoms. The van der Waals surface area contributed by atoms with Gasteiger partial charge in [-0.25, -0.2) is 19.0 Å². The second-order valence-corrected chi connectivity index (χ2v) is 9.65. The van der Waals surface area contributed by atoms with Gasteiger partial charge in [0.1, 0.15) is 32.3 Å². The highest BCUT2D eigenvalue weighted by molar-refractivity contribution is 7.93. The third-order valence-electron chi connectivity index (χ3n) is 4.58. The summed E-state index contributed by atoms with van der Waals surface area (Å²) in [6.07, 6.45) is 1.41. The number of hydrogen-bond donors (Lipinski definition) is 2. The minimum absolute atomic E-state index is 0.149. The third kappa shape index (κ3) is 6.42. The van der Waals surface area contributed by atoms with Gasteiger partial charge in [-0.05, 0) is 31.5 Å². The highest BCUT2D eigenvalue weighted by Gasteiger charge is 2.12. The van der Waals surface area contributed by atoms with Crippen LogP contribution in [0.1, 0.15) is 19.4 Å². The summed E-state index contributed by atoms with van der Waals surface area (Å²) in [6, 6.07) is 10.3. The van der Waals surface area contributed by atoms with E-state index in [1.54, 1.807) is 50.2 Å². The molecule has 3 aromatic rings. The first kappa shape index (κ1) is 24.5. The molecule has 172 valence electrons. The minimum Gasteiger partial charge on any atom is -0.489 e. The summed E-state index contributed by atoms with van der Waals surface area (Å²) in [5.74, 6) is 0.997. The van der Waals surface area contributed by atoms with Gasteiger partial charge >= 0.3 is 6.09 Å². The summed E-state index contributed by atoms with van der Waals surface area (Å²) in [5.41, 5.74) is 1.74. The SMILES string of the molecule is [B]c1cc2c(NC[C@@H](C)O)ncnc2cc1OCc1cccc(S(C)(=O)=NC(=O)OCC)c1. The lowest BCUT2D eigenvalue weighted by Crippen LogP contribution is -2.17. The number of nitrogens with one attached hydrogen (secondary N) is 1. The molecule has 33 heavy (non-hydrogen) atoms. The quantitative estimate of drug-likeness (QED) is 0.484. The van der Waals surface area contributed by atoms with Crippen LogP contribution < -0.4 is 15.5 Å². The van der Waals surface area contributed by atoms with Crippen LogP contribution in [0, 0.1) is 0 Å². The van der Waals surface area contributed by atoms with Gasteiger partial charge in [-0.15, -0.1) is 4.36 Å². The fourth-order valence-corrected chi connectivity index (χ4v) is 4.13. The number of hydrogen-bond acceptors (Lipinski definition) is 8. The Morgan fingerprint density at radius 3 is 2.82 bits per heavy atom. The molecule has 2 atom stereocenters. The highest BCUT2D eigenvalue weighted by atomic mass is 32.2. The number of ether oxygens (including phenoxy) is 2. The summed E-state index contributed by atoms with van der Waals surface area (Å²) >= 11 is 0. The molecule has 0 bridgehead atoms. The van der Waals surface area contributed by atoms with E-state index in [9.17, 15) is 14.1 Å². The van der Waals surface area contributed by atoms with Gasteiger partial charge in [0.2, 0.25) is 0 Å². The predicted molar refractivity (Wildman–Crippen MR) is 128 cm³/mol. The molecule has 2 radical (unpaired) electrons. The van der Waals surface area contributed by atoms with Crippen LogP contribution >= 0.6 is 0 Å². The molecular formula is C22H25BN4O5S. The maximum atomic E-state index is 12.9. The lowest BCUT2D eigenvalue weighted by Gasteiger charge is -2.14. The Morgan fingerprint density at radius 1 is 1.30 bits per heavy atom. The van der Waals surface area contributed by atoms with Gasteiger partial charge in [-0.3, -0.25) is 0 Å². The Morgan fingerprint density at radius 2 is 2.09 bits per heavy atom. The first-order valence-electron chi connectivity index (χ1n) is 10.3. The molecule has 9 nitrogen and oxygen atoms in total.